The zero-order chi connectivity index (χ0) is 13.8. The molecule has 0 amide bonds. The van der Waals surface area contributed by atoms with Gasteiger partial charge < -0.3 is 10.6 Å². The first-order valence-corrected chi connectivity index (χ1v) is 6.53. The van der Waals surface area contributed by atoms with Crippen LogP contribution in [0.3, 0.4) is 0 Å². The van der Waals surface area contributed by atoms with Crippen LogP contribution in [0, 0.1) is 20.8 Å². The van der Waals surface area contributed by atoms with E-state index in [9.17, 15) is 0 Å². The molecule has 1 aromatic carbocycles. The van der Waals surface area contributed by atoms with Gasteiger partial charge in [-0.25, -0.2) is 4.98 Å². The molecule has 1 heterocycles. The molecule has 0 radical (unpaired) electrons. The van der Waals surface area contributed by atoms with Gasteiger partial charge in [-0.3, -0.25) is 0 Å². The van der Waals surface area contributed by atoms with Crippen molar-refractivity contribution >= 4 is 28.8 Å². The molecular formula is C15H17N3S. The molecule has 0 bridgehead atoms. The molecule has 3 nitrogen and oxygen atoms in total. The fraction of sp³-hybridized carbons (Fsp3) is 0.200. The van der Waals surface area contributed by atoms with E-state index in [2.05, 4.69) is 47.7 Å². The summed E-state index contributed by atoms with van der Waals surface area (Å²) in [6, 6.07) is 10.1. The summed E-state index contributed by atoms with van der Waals surface area (Å²) in [7, 11) is 0. The zero-order valence-electron chi connectivity index (χ0n) is 11.3. The van der Waals surface area contributed by atoms with E-state index in [0.717, 1.165) is 22.6 Å². The summed E-state index contributed by atoms with van der Waals surface area (Å²) < 4.78 is 0. The average molecular weight is 271 g/mol. The molecule has 2 rings (SSSR count). The molecule has 0 unspecified atom stereocenters. The Labute approximate surface area is 119 Å². The summed E-state index contributed by atoms with van der Waals surface area (Å²) in [6.07, 6.45) is 1.76. The van der Waals surface area contributed by atoms with E-state index in [1.54, 1.807) is 6.20 Å². The molecular weight excluding hydrogens is 254 g/mol. The van der Waals surface area contributed by atoms with Crippen LogP contribution in [0.4, 0.5) is 11.5 Å². The van der Waals surface area contributed by atoms with Crippen molar-refractivity contribution in [2.45, 2.75) is 20.8 Å². The summed E-state index contributed by atoms with van der Waals surface area (Å²) >= 11 is 5.30. The van der Waals surface area contributed by atoms with Crippen molar-refractivity contribution in [1.29, 1.82) is 0 Å². The third kappa shape index (κ3) is 3.76. The van der Waals surface area contributed by atoms with Crippen LogP contribution in [-0.4, -0.2) is 10.1 Å². The van der Waals surface area contributed by atoms with Crippen molar-refractivity contribution < 1.29 is 0 Å². The highest BCUT2D eigenvalue weighted by Crippen LogP contribution is 2.16. The Balaban J connectivity index is 2.07. The lowest BCUT2D eigenvalue weighted by molar-refractivity contribution is 1.28. The molecule has 2 aromatic rings. The molecule has 0 spiro atoms. The van der Waals surface area contributed by atoms with Crippen molar-refractivity contribution in [2.24, 2.45) is 0 Å². The SMILES string of the molecule is Cc1ccnc(NC(=S)Nc2cc(C)ccc2C)c1. The number of aromatic nitrogens is 1. The molecule has 2 N–H and O–H groups in total. The minimum atomic E-state index is 0.548. The van der Waals surface area contributed by atoms with Crippen LogP contribution in [0.15, 0.2) is 36.5 Å². The second-order valence-corrected chi connectivity index (χ2v) is 5.02. The molecule has 4 heteroatoms. The summed E-state index contributed by atoms with van der Waals surface area (Å²) in [5.41, 5.74) is 4.52. The number of pyridine rings is 1. The van der Waals surface area contributed by atoms with Crippen molar-refractivity contribution in [3.05, 3.63) is 53.2 Å². The molecule has 0 aliphatic heterocycles. The largest absolute Gasteiger partial charge is 0.332 e. The Bertz CT molecular complexity index is 608. The standard InChI is InChI=1S/C15H17N3S/c1-10-4-5-12(3)13(8-10)17-15(19)18-14-9-11(2)6-7-16-14/h4-9H,1-3H3,(H2,16,17,18,19). The number of benzene rings is 1. The summed E-state index contributed by atoms with van der Waals surface area (Å²) in [4.78, 5) is 4.22. The van der Waals surface area contributed by atoms with E-state index in [4.69, 9.17) is 12.2 Å². The quantitative estimate of drug-likeness (QED) is 0.814. The molecule has 0 saturated heterocycles. The monoisotopic (exact) mass is 271 g/mol. The number of hydrogen-bond donors (Lipinski definition) is 2. The maximum atomic E-state index is 5.30. The summed E-state index contributed by atoms with van der Waals surface area (Å²) in [5, 5.41) is 6.83. The first-order chi connectivity index (χ1) is 9.04. The molecule has 1 aromatic heterocycles. The summed E-state index contributed by atoms with van der Waals surface area (Å²) in [6.45, 7) is 6.13. The van der Waals surface area contributed by atoms with Gasteiger partial charge in [0.15, 0.2) is 5.11 Å². The van der Waals surface area contributed by atoms with Gasteiger partial charge in [0.25, 0.3) is 0 Å². The van der Waals surface area contributed by atoms with E-state index >= 15 is 0 Å². The maximum Gasteiger partial charge on any atom is 0.176 e. The van der Waals surface area contributed by atoms with Crippen LogP contribution >= 0.6 is 12.2 Å². The first kappa shape index (κ1) is 13.5. The van der Waals surface area contributed by atoms with Gasteiger partial charge in [0, 0.05) is 11.9 Å². The van der Waals surface area contributed by atoms with Gasteiger partial charge in [-0.15, -0.1) is 0 Å². The highest BCUT2D eigenvalue weighted by Gasteiger charge is 2.03. The number of hydrogen-bond acceptors (Lipinski definition) is 2. The smallest absolute Gasteiger partial charge is 0.176 e. The van der Waals surface area contributed by atoms with Crippen LogP contribution in [0.2, 0.25) is 0 Å². The Morgan fingerprint density at radius 2 is 1.74 bits per heavy atom. The Morgan fingerprint density at radius 1 is 1.00 bits per heavy atom. The zero-order valence-corrected chi connectivity index (χ0v) is 12.1. The van der Waals surface area contributed by atoms with Gasteiger partial charge in [0.1, 0.15) is 5.82 Å². The third-order valence-electron chi connectivity index (χ3n) is 2.80. The topological polar surface area (TPSA) is 37.0 Å². The number of anilines is 2. The van der Waals surface area contributed by atoms with Gasteiger partial charge >= 0.3 is 0 Å². The van der Waals surface area contributed by atoms with E-state index in [1.165, 1.54) is 5.56 Å². The minimum Gasteiger partial charge on any atom is -0.332 e. The van der Waals surface area contributed by atoms with Crippen molar-refractivity contribution in [3.63, 3.8) is 0 Å². The van der Waals surface area contributed by atoms with Crippen molar-refractivity contribution in [2.75, 3.05) is 10.6 Å². The number of nitrogens with one attached hydrogen (secondary N) is 2. The minimum absolute atomic E-state index is 0.548. The van der Waals surface area contributed by atoms with Crippen molar-refractivity contribution in [1.82, 2.24) is 4.98 Å². The predicted octanol–water partition coefficient (Wildman–Crippen LogP) is 3.82. The van der Waals surface area contributed by atoms with Crippen LogP contribution < -0.4 is 10.6 Å². The first-order valence-electron chi connectivity index (χ1n) is 6.12. The maximum absolute atomic E-state index is 5.30. The molecule has 0 aliphatic rings. The lowest BCUT2D eigenvalue weighted by atomic mass is 10.1. The van der Waals surface area contributed by atoms with E-state index < -0.39 is 0 Å². The fourth-order valence-corrected chi connectivity index (χ4v) is 1.96. The second kappa shape index (κ2) is 5.80. The number of rotatable bonds is 2. The van der Waals surface area contributed by atoms with Crippen LogP contribution in [0.1, 0.15) is 16.7 Å². The van der Waals surface area contributed by atoms with E-state index in [0.29, 0.717) is 5.11 Å². The molecule has 0 atom stereocenters. The molecule has 0 aliphatic carbocycles. The molecule has 98 valence electrons. The van der Waals surface area contributed by atoms with Crippen LogP contribution in [0.25, 0.3) is 0 Å². The highest BCUT2D eigenvalue weighted by atomic mass is 32.1. The van der Waals surface area contributed by atoms with Gasteiger partial charge in [-0.1, -0.05) is 12.1 Å². The normalized spacial score (nSPS) is 10.1. The number of nitrogens with zero attached hydrogens (tertiary/aromatic N) is 1. The average Bonchev–Trinajstić information content (AvgIpc) is 2.34. The van der Waals surface area contributed by atoms with Gasteiger partial charge in [0.2, 0.25) is 0 Å². The Kier molecular flexibility index (Phi) is 4.12. The van der Waals surface area contributed by atoms with Gasteiger partial charge in [-0.05, 0) is 67.9 Å². The molecule has 0 fully saturated rings. The number of aryl methyl sites for hydroxylation is 3. The Hall–Kier alpha value is -1.94. The van der Waals surface area contributed by atoms with E-state index in [-0.39, 0.29) is 0 Å². The molecule has 0 saturated carbocycles. The van der Waals surface area contributed by atoms with Crippen molar-refractivity contribution in [3.8, 4) is 0 Å². The Morgan fingerprint density at radius 3 is 2.47 bits per heavy atom. The third-order valence-corrected chi connectivity index (χ3v) is 3.00. The van der Waals surface area contributed by atoms with Gasteiger partial charge in [-0.2, -0.15) is 0 Å². The fourth-order valence-electron chi connectivity index (χ4n) is 1.74. The lowest BCUT2D eigenvalue weighted by Gasteiger charge is -2.12. The highest BCUT2D eigenvalue weighted by molar-refractivity contribution is 7.80. The van der Waals surface area contributed by atoms with Crippen LogP contribution in [0.5, 0.6) is 0 Å². The molecule has 19 heavy (non-hydrogen) atoms. The second-order valence-electron chi connectivity index (χ2n) is 4.62. The lowest BCUT2D eigenvalue weighted by Crippen LogP contribution is -2.20. The van der Waals surface area contributed by atoms with Gasteiger partial charge in [0.05, 0.1) is 0 Å². The predicted molar refractivity (Wildman–Crippen MR) is 84.7 cm³/mol. The van der Waals surface area contributed by atoms with Crippen LogP contribution in [-0.2, 0) is 0 Å². The number of thiocarbonyl (C=S) groups is 1. The van der Waals surface area contributed by atoms with E-state index in [1.807, 2.05) is 19.1 Å². The summed E-state index contributed by atoms with van der Waals surface area (Å²) in [5.74, 6) is 0.753.